The van der Waals surface area contributed by atoms with E-state index in [0.717, 1.165) is 29.3 Å². The van der Waals surface area contributed by atoms with E-state index in [9.17, 15) is 0 Å². The van der Waals surface area contributed by atoms with Gasteiger partial charge in [0, 0.05) is 15.8 Å². The monoisotopic (exact) mass is 383 g/mol. The minimum Gasteiger partial charge on any atom is -0.493 e. The van der Waals surface area contributed by atoms with Crippen molar-refractivity contribution in [3.05, 3.63) is 51.6 Å². The molecule has 2 aromatic carbocycles. The van der Waals surface area contributed by atoms with E-state index >= 15 is 0 Å². The number of ether oxygens (including phenoxy) is 2. The standard InChI is InChI=1S/C16H18INO2/c1-3-20-15-9-4-12(10-16(15)19-2)11-18-14-7-5-13(17)6-8-14/h4-10,18H,3,11H2,1-2H3. The predicted octanol–water partition coefficient (Wildman–Crippen LogP) is 4.31. The number of rotatable bonds is 6. The molecule has 0 aliphatic carbocycles. The predicted molar refractivity (Wildman–Crippen MR) is 90.6 cm³/mol. The van der Waals surface area contributed by atoms with Gasteiger partial charge in [0.05, 0.1) is 13.7 Å². The first kappa shape index (κ1) is 15.0. The molecule has 1 N–H and O–H groups in total. The van der Waals surface area contributed by atoms with E-state index in [1.54, 1.807) is 7.11 Å². The summed E-state index contributed by atoms with van der Waals surface area (Å²) in [4.78, 5) is 0. The Morgan fingerprint density at radius 3 is 2.45 bits per heavy atom. The highest BCUT2D eigenvalue weighted by atomic mass is 127. The van der Waals surface area contributed by atoms with Crippen molar-refractivity contribution in [3.63, 3.8) is 0 Å². The van der Waals surface area contributed by atoms with Gasteiger partial charge >= 0.3 is 0 Å². The molecule has 4 heteroatoms. The molecule has 0 saturated heterocycles. The third-order valence-electron chi connectivity index (χ3n) is 2.87. The Balaban J connectivity index is 2.04. The maximum atomic E-state index is 5.51. The zero-order chi connectivity index (χ0) is 14.4. The average Bonchev–Trinajstić information content (AvgIpc) is 2.48. The minimum absolute atomic E-state index is 0.636. The lowest BCUT2D eigenvalue weighted by Gasteiger charge is -2.12. The first-order valence-corrected chi connectivity index (χ1v) is 7.60. The topological polar surface area (TPSA) is 30.5 Å². The fourth-order valence-corrected chi connectivity index (χ4v) is 2.23. The van der Waals surface area contributed by atoms with Crippen LogP contribution in [0, 0.1) is 3.57 Å². The summed E-state index contributed by atoms with van der Waals surface area (Å²) < 4.78 is 12.1. The van der Waals surface area contributed by atoms with Gasteiger partial charge in [0.2, 0.25) is 0 Å². The van der Waals surface area contributed by atoms with Gasteiger partial charge in [0.15, 0.2) is 11.5 Å². The number of hydrogen-bond acceptors (Lipinski definition) is 3. The van der Waals surface area contributed by atoms with Crippen LogP contribution in [-0.2, 0) is 6.54 Å². The maximum Gasteiger partial charge on any atom is 0.161 e. The van der Waals surface area contributed by atoms with Crippen LogP contribution >= 0.6 is 22.6 Å². The van der Waals surface area contributed by atoms with E-state index in [-0.39, 0.29) is 0 Å². The lowest BCUT2D eigenvalue weighted by Crippen LogP contribution is -2.01. The highest BCUT2D eigenvalue weighted by molar-refractivity contribution is 14.1. The molecule has 0 amide bonds. The van der Waals surface area contributed by atoms with E-state index in [4.69, 9.17) is 9.47 Å². The highest BCUT2D eigenvalue weighted by Crippen LogP contribution is 2.28. The van der Waals surface area contributed by atoms with Crippen molar-refractivity contribution in [1.29, 1.82) is 0 Å². The summed E-state index contributed by atoms with van der Waals surface area (Å²) in [5.74, 6) is 1.56. The van der Waals surface area contributed by atoms with Crippen molar-refractivity contribution in [2.45, 2.75) is 13.5 Å². The lowest BCUT2D eigenvalue weighted by atomic mass is 10.2. The van der Waals surface area contributed by atoms with Crippen LogP contribution in [0.4, 0.5) is 5.69 Å². The van der Waals surface area contributed by atoms with Gasteiger partial charge in [-0.25, -0.2) is 0 Å². The Hall–Kier alpha value is -1.43. The van der Waals surface area contributed by atoms with Crippen molar-refractivity contribution < 1.29 is 9.47 Å². The SMILES string of the molecule is CCOc1ccc(CNc2ccc(I)cc2)cc1OC. The number of benzene rings is 2. The minimum atomic E-state index is 0.636. The number of anilines is 1. The molecule has 0 saturated carbocycles. The summed E-state index contributed by atoms with van der Waals surface area (Å²) in [5, 5.41) is 3.39. The Kier molecular flexibility index (Phi) is 5.52. The van der Waals surface area contributed by atoms with Crippen molar-refractivity contribution in [3.8, 4) is 11.5 Å². The van der Waals surface area contributed by atoms with Crippen molar-refractivity contribution in [2.24, 2.45) is 0 Å². The second kappa shape index (κ2) is 7.38. The number of halogens is 1. The van der Waals surface area contributed by atoms with Gasteiger partial charge in [-0.1, -0.05) is 6.07 Å². The Morgan fingerprint density at radius 1 is 1.05 bits per heavy atom. The van der Waals surface area contributed by atoms with Gasteiger partial charge < -0.3 is 14.8 Å². The molecule has 2 rings (SSSR count). The van der Waals surface area contributed by atoms with Crippen LogP contribution in [0.25, 0.3) is 0 Å². The first-order chi connectivity index (χ1) is 9.72. The number of methoxy groups -OCH3 is 1. The van der Waals surface area contributed by atoms with E-state index in [1.165, 1.54) is 3.57 Å². The van der Waals surface area contributed by atoms with E-state index in [1.807, 2.05) is 25.1 Å². The molecule has 0 aliphatic heterocycles. The maximum absolute atomic E-state index is 5.51. The summed E-state index contributed by atoms with van der Waals surface area (Å²) in [6.45, 7) is 3.35. The molecule has 3 nitrogen and oxygen atoms in total. The van der Waals surface area contributed by atoms with Crippen LogP contribution in [0.3, 0.4) is 0 Å². The second-order valence-corrected chi connectivity index (χ2v) is 5.52. The van der Waals surface area contributed by atoms with Crippen molar-refractivity contribution >= 4 is 28.3 Å². The molecule has 0 unspecified atom stereocenters. The largest absolute Gasteiger partial charge is 0.493 e. The lowest BCUT2D eigenvalue weighted by molar-refractivity contribution is 0.310. The molecule has 20 heavy (non-hydrogen) atoms. The Bertz CT molecular complexity index is 555. The molecule has 2 aromatic rings. The highest BCUT2D eigenvalue weighted by Gasteiger charge is 2.05. The third-order valence-corrected chi connectivity index (χ3v) is 3.59. The number of hydrogen-bond donors (Lipinski definition) is 1. The fraction of sp³-hybridized carbons (Fsp3) is 0.250. The summed E-state index contributed by atoms with van der Waals surface area (Å²) in [7, 11) is 1.66. The van der Waals surface area contributed by atoms with Crippen LogP contribution in [0.2, 0.25) is 0 Å². The van der Waals surface area contributed by atoms with Gasteiger partial charge in [-0.05, 0) is 71.5 Å². The quantitative estimate of drug-likeness (QED) is 0.755. The van der Waals surface area contributed by atoms with Gasteiger partial charge in [-0.3, -0.25) is 0 Å². The molecule has 0 bridgehead atoms. The smallest absolute Gasteiger partial charge is 0.161 e. The molecule has 0 aliphatic rings. The van der Waals surface area contributed by atoms with Gasteiger partial charge in [0.25, 0.3) is 0 Å². The van der Waals surface area contributed by atoms with E-state index < -0.39 is 0 Å². The molecular formula is C16H18INO2. The summed E-state index contributed by atoms with van der Waals surface area (Å²) >= 11 is 2.30. The Morgan fingerprint density at radius 2 is 1.80 bits per heavy atom. The molecule has 0 aromatic heterocycles. The first-order valence-electron chi connectivity index (χ1n) is 6.52. The second-order valence-electron chi connectivity index (χ2n) is 4.28. The van der Waals surface area contributed by atoms with Crippen LogP contribution in [0.1, 0.15) is 12.5 Å². The van der Waals surface area contributed by atoms with Gasteiger partial charge in [0.1, 0.15) is 0 Å². The summed E-state index contributed by atoms with van der Waals surface area (Å²) in [5.41, 5.74) is 2.27. The summed E-state index contributed by atoms with van der Waals surface area (Å²) in [6.07, 6.45) is 0. The zero-order valence-electron chi connectivity index (χ0n) is 11.7. The Labute approximate surface area is 133 Å². The third kappa shape index (κ3) is 4.03. The van der Waals surface area contributed by atoms with Crippen LogP contribution in [0.15, 0.2) is 42.5 Å². The van der Waals surface area contributed by atoms with Crippen molar-refractivity contribution in [2.75, 3.05) is 19.0 Å². The molecule has 106 valence electrons. The molecule has 0 spiro atoms. The molecular weight excluding hydrogens is 365 g/mol. The molecule has 0 fully saturated rings. The molecule has 0 heterocycles. The van der Waals surface area contributed by atoms with Crippen LogP contribution < -0.4 is 14.8 Å². The van der Waals surface area contributed by atoms with E-state index in [0.29, 0.717) is 6.61 Å². The fourth-order valence-electron chi connectivity index (χ4n) is 1.87. The van der Waals surface area contributed by atoms with Crippen LogP contribution in [-0.4, -0.2) is 13.7 Å². The number of nitrogens with one attached hydrogen (secondary N) is 1. The van der Waals surface area contributed by atoms with E-state index in [2.05, 4.69) is 52.2 Å². The molecule has 0 radical (unpaired) electrons. The van der Waals surface area contributed by atoms with Gasteiger partial charge in [-0.2, -0.15) is 0 Å². The molecule has 0 atom stereocenters. The average molecular weight is 383 g/mol. The normalized spacial score (nSPS) is 10.2. The summed E-state index contributed by atoms with van der Waals surface area (Å²) in [6, 6.07) is 14.3. The van der Waals surface area contributed by atoms with Crippen LogP contribution in [0.5, 0.6) is 11.5 Å². The zero-order valence-corrected chi connectivity index (χ0v) is 13.8. The van der Waals surface area contributed by atoms with Gasteiger partial charge in [-0.15, -0.1) is 0 Å². The van der Waals surface area contributed by atoms with Crippen molar-refractivity contribution in [1.82, 2.24) is 0 Å².